The van der Waals surface area contributed by atoms with Crippen molar-refractivity contribution in [2.24, 2.45) is 0 Å². The zero-order valence-electron chi connectivity index (χ0n) is 13.6. The van der Waals surface area contributed by atoms with Crippen LogP contribution in [0.4, 0.5) is 0 Å². The first-order valence-corrected chi connectivity index (χ1v) is 7.33. The maximum absolute atomic E-state index is 11.9. The summed E-state index contributed by atoms with van der Waals surface area (Å²) in [5.74, 6) is 1.21. The topological polar surface area (TPSA) is 67.8 Å². The molecule has 0 heterocycles. The summed E-state index contributed by atoms with van der Waals surface area (Å²) < 4.78 is 10.7. The van der Waals surface area contributed by atoms with E-state index in [0.717, 1.165) is 16.9 Å². The highest BCUT2D eigenvalue weighted by Gasteiger charge is 2.09. The van der Waals surface area contributed by atoms with Gasteiger partial charge in [-0.15, -0.1) is 0 Å². The number of phenolic OH excluding ortho intramolecular Hbond substituents is 1. The van der Waals surface area contributed by atoms with Gasteiger partial charge in [-0.05, 0) is 43.2 Å². The van der Waals surface area contributed by atoms with Crippen molar-refractivity contribution in [1.82, 2.24) is 5.32 Å². The van der Waals surface area contributed by atoms with Crippen LogP contribution >= 0.6 is 0 Å². The van der Waals surface area contributed by atoms with Gasteiger partial charge >= 0.3 is 0 Å². The molecular formula is C18H21NO4. The van der Waals surface area contributed by atoms with Gasteiger partial charge in [0.2, 0.25) is 0 Å². The summed E-state index contributed by atoms with van der Waals surface area (Å²) in [6.07, 6.45) is 0. The zero-order chi connectivity index (χ0) is 16.8. The number of aryl methyl sites for hydroxylation is 2. The van der Waals surface area contributed by atoms with Crippen LogP contribution in [0.15, 0.2) is 36.4 Å². The molecule has 122 valence electrons. The Hall–Kier alpha value is -2.69. The van der Waals surface area contributed by atoms with Crippen molar-refractivity contribution in [2.45, 2.75) is 20.4 Å². The molecule has 0 unspecified atom stereocenters. The summed E-state index contributed by atoms with van der Waals surface area (Å²) in [5, 5.41) is 12.5. The number of phenols is 1. The van der Waals surface area contributed by atoms with Crippen molar-refractivity contribution in [3.63, 3.8) is 0 Å². The minimum Gasteiger partial charge on any atom is -0.508 e. The summed E-state index contributed by atoms with van der Waals surface area (Å²) in [4.78, 5) is 11.9. The molecular weight excluding hydrogens is 294 g/mol. The standard InChI is InChI=1S/C18H21NO4/c1-12-5-4-6-13(2)18(12)23-11-17(21)19-10-14-9-15(22-3)7-8-16(14)20/h4-9,20H,10-11H2,1-3H3,(H,19,21). The number of amides is 1. The fraction of sp³-hybridized carbons (Fsp3) is 0.278. The first-order valence-electron chi connectivity index (χ1n) is 7.33. The molecule has 0 spiro atoms. The Morgan fingerprint density at radius 1 is 1.17 bits per heavy atom. The summed E-state index contributed by atoms with van der Waals surface area (Å²) in [6, 6.07) is 10.7. The number of nitrogens with one attached hydrogen (secondary N) is 1. The van der Waals surface area contributed by atoms with Crippen LogP contribution in [0.3, 0.4) is 0 Å². The van der Waals surface area contributed by atoms with Gasteiger partial charge in [-0.2, -0.15) is 0 Å². The van der Waals surface area contributed by atoms with E-state index in [-0.39, 0.29) is 24.8 Å². The Morgan fingerprint density at radius 3 is 2.52 bits per heavy atom. The molecule has 0 saturated heterocycles. The van der Waals surface area contributed by atoms with Crippen molar-refractivity contribution < 1.29 is 19.4 Å². The van der Waals surface area contributed by atoms with Crippen LogP contribution in [0.1, 0.15) is 16.7 Å². The number of carbonyl (C=O) groups excluding carboxylic acids is 1. The van der Waals surface area contributed by atoms with Crippen LogP contribution < -0.4 is 14.8 Å². The smallest absolute Gasteiger partial charge is 0.258 e. The number of aromatic hydroxyl groups is 1. The van der Waals surface area contributed by atoms with Gasteiger partial charge < -0.3 is 19.9 Å². The number of ether oxygens (including phenoxy) is 2. The van der Waals surface area contributed by atoms with E-state index >= 15 is 0 Å². The average molecular weight is 315 g/mol. The molecule has 0 bridgehead atoms. The van der Waals surface area contributed by atoms with Crippen molar-refractivity contribution >= 4 is 5.91 Å². The maximum Gasteiger partial charge on any atom is 0.258 e. The molecule has 5 nitrogen and oxygen atoms in total. The van der Waals surface area contributed by atoms with Gasteiger partial charge in [0.25, 0.3) is 5.91 Å². The van der Waals surface area contributed by atoms with E-state index in [2.05, 4.69) is 5.32 Å². The second-order valence-electron chi connectivity index (χ2n) is 5.28. The zero-order valence-corrected chi connectivity index (χ0v) is 13.6. The minimum atomic E-state index is -0.255. The highest BCUT2D eigenvalue weighted by Crippen LogP contribution is 2.23. The molecule has 23 heavy (non-hydrogen) atoms. The Morgan fingerprint density at radius 2 is 1.87 bits per heavy atom. The highest BCUT2D eigenvalue weighted by atomic mass is 16.5. The van der Waals surface area contributed by atoms with E-state index in [1.165, 1.54) is 6.07 Å². The second kappa shape index (κ2) is 7.54. The van der Waals surface area contributed by atoms with Gasteiger partial charge in [-0.3, -0.25) is 4.79 Å². The Kier molecular flexibility index (Phi) is 5.46. The number of hydrogen-bond acceptors (Lipinski definition) is 4. The van der Waals surface area contributed by atoms with Crippen molar-refractivity contribution in [1.29, 1.82) is 0 Å². The Balaban J connectivity index is 1.91. The van der Waals surface area contributed by atoms with Crippen LogP contribution in [0.25, 0.3) is 0 Å². The Labute approximate surface area is 135 Å². The number of carbonyl (C=O) groups is 1. The van der Waals surface area contributed by atoms with Gasteiger partial charge in [-0.1, -0.05) is 18.2 Å². The van der Waals surface area contributed by atoms with E-state index in [1.54, 1.807) is 19.2 Å². The molecule has 2 N–H and O–H groups in total. The van der Waals surface area contributed by atoms with E-state index in [4.69, 9.17) is 9.47 Å². The minimum absolute atomic E-state index is 0.0730. The predicted molar refractivity (Wildman–Crippen MR) is 87.9 cm³/mol. The van der Waals surface area contributed by atoms with Crippen molar-refractivity contribution in [3.05, 3.63) is 53.1 Å². The summed E-state index contributed by atoms with van der Waals surface area (Å²) in [5.41, 5.74) is 2.57. The lowest BCUT2D eigenvalue weighted by atomic mass is 10.1. The quantitative estimate of drug-likeness (QED) is 0.860. The van der Waals surface area contributed by atoms with E-state index in [1.807, 2.05) is 32.0 Å². The molecule has 2 rings (SSSR count). The van der Waals surface area contributed by atoms with Gasteiger partial charge in [-0.25, -0.2) is 0 Å². The maximum atomic E-state index is 11.9. The molecule has 0 aliphatic heterocycles. The molecule has 1 amide bonds. The van der Waals surface area contributed by atoms with Crippen LogP contribution in [0.2, 0.25) is 0 Å². The first-order chi connectivity index (χ1) is 11.0. The van der Waals surface area contributed by atoms with Gasteiger partial charge in [0.05, 0.1) is 7.11 Å². The largest absolute Gasteiger partial charge is 0.508 e. The first kappa shape index (κ1) is 16.7. The summed E-state index contributed by atoms with van der Waals surface area (Å²) >= 11 is 0. The monoisotopic (exact) mass is 315 g/mol. The van der Waals surface area contributed by atoms with E-state index in [0.29, 0.717) is 11.3 Å². The SMILES string of the molecule is COc1ccc(O)c(CNC(=O)COc2c(C)cccc2C)c1. The fourth-order valence-electron chi connectivity index (χ4n) is 2.24. The van der Waals surface area contributed by atoms with Crippen molar-refractivity contribution in [2.75, 3.05) is 13.7 Å². The molecule has 0 saturated carbocycles. The lowest BCUT2D eigenvalue weighted by Gasteiger charge is -2.12. The molecule has 0 atom stereocenters. The van der Waals surface area contributed by atoms with Crippen molar-refractivity contribution in [3.8, 4) is 17.2 Å². The van der Waals surface area contributed by atoms with Crippen LogP contribution in [0, 0.1) is 13.8 Å². The predicted octanol–water partition coefficient (Wildman–Crippen LogP) is 2.71. The highest BCUT2D eigenvalue weighted by molar-refractivity contribution is 5.77. The summed E-state index contributed by atoms with van der Waals surface area (Å²) in [6.45, 7) is 4.01. The average Bonchev–Trinajstić information content (AvgIpc) is 2.53. The van der Waals surface area contributed by atoms with Crippen LogP contribution in [-0.2, 0) is 11.3 Å². The van der Waals surface area contributed by atoms with Crippen LogP contribution in [-0.4, -0.2) is 24.7 Å². The Bertz CT molecular complexity index is 677. The summed E-state index contributed by atoms with van der Waals surface area (Å²) in [7, 11) is 1.55. The van der Waals surface area contributed by atoms with Gasteiger partial charge in [0, 0.05) is 12.1 Å². The molecule has 5 heteroatoms. The fourth-order valence-corrected chi connectivity index (χ4v) is 2.24. The lowest BCUT2D eigenvalue weighted by Crippen LogP contribution is -2.28. The van der Waals surface area contributed by atoms with E-state index in [9.17, 15) is 9.90 Å². The number of methoxy groups -OCH3 is 1. The molecule has 0 aliphatic rings. The lowest BCUT2D eigenvalue weighted by molar-refractivity contribution is -0.123. The van der Waals surface area contributed by atoms with E-state index < -0.39 is 0 Å². The van der Waals surface area contributed by atoms with Gasteiger partial charge in [0.1, 0.15) is 17.2 Å². The third-order valence-corrected chi connectivity index (χ3v) is 3.52. The molecule has 0 radical (unpaired) electrons. The molecule has 0 aliphatic carbocycles. The number of para-hydroxylation sites is 1. The third kappa shape index (κ3) is 4.39. The van der Waals surface area contributed by atoms with Gasteiger partial charge in [0.15, 0.2) is 6.61 Å². The third-order valence-electron chi connectivity index (χ3n) is 3.52. The normalized spacial score (nSPS) is 10.2. The number of hydrogen-bond donors (Lipinski definition) is 2. The second-order valence-corrected chi connectivity index (χ2v) is 5.28. The van der Waals surface area contributed by atoms with Crippen LogP contribution in [0.5, 0.6) is 17.2 Å². The number of benzene rings is 2. The number of rotatable bonds is 6. The molecule has 0 fully saturated rings. The molecule has 2 aromatic carbocycles. The molecule has 0 aromatic heterocycles. The molecule has 2 aromatic rings.